The Morgan fingerprint density at radius 2 is 1.30 bits per heavy atom. The van der Waals surface area contributed by atoms with E-state index in [-0.39, 0.29) is 5.12 Å². The zero-order chi connectivity index (χ0) is 16.8. The van der Waals surface area contributed by atoms with Crippen molar-refractivity contribution < 1.29 is 9.53 Å². The Kier molecular flexibility index (Phi) is 11.8. The average Bonchev–Trinajstić information content (AvgIpc) is 2.56. The second-order valence-electron chi connectivity index (χ2n) is 6.21. The van der Waals surface area contributed by atoms with Gasteiger partial charge in [-0.2, -0.15) is 0 Å². The van der Waals surface area contributed by atoms with Crippen molar-refractivity contribution in [2.45, 2.75) is 77.6 Å². The molecule has 23 heavy (non-hydrogen) atoms. The standard InChI is InChI=1S/C20H32O2S/c1-2-3-4-5-6-7-8-9-10-11-12-17-22-19-15-13-18(14-16-19)20(21)23/h13-16H,2-12,17H2,1H3,(H,21,23). The molecule has 0 aliphatic carbocycles. The van der Waals surface area contributed by atoms with Crippen LogP contribution in [0.3, 0.4) is 0 Å². The Hall–Kier alpha value is -0.960. The molecular weight excluding hydrogens is 304 g/mol. The van der Waals surface area contributed by atoms with E-state index in [0.29, 0.717) is 5.56 Å². The van der Waals surface area contributed by atoms with Gasteiger partial charge in [0.2, 0.25) is 5.12 Å². The fraction of sp³-hybridized carbons (Fsp3) is 0.650. The lowest BCUT2D eigenvalue weighted by Gasteiger charge is -2.06. The van der Waals surface area contributed by atoms with Crippen molar-refractivity contribution in [2.24, 2.45) is 0 Å². The molecule has 0 unspecified atom stereocenters. The van der Waals surface area contributed by atoms with E-state index in [1.807, 2.05) is 12.1 Å². The minimum atomic E-state index is -0.207. The van der Waals surface area contributed by atoms with E-state index < -0.39 is 0 Å². The molecule has 0 N–H and O–H groups in total. The second kappa shape index (κ2) is 13.5. The van der Waals surface area contributed by atoms with Crippen molar-refractivity contribution in [1.82, 2.24) is 0 Å². The number of unbranched alkanes of at least 4 members (excludes halogenated alkanes) is 10. The number of thiol groups is 1. The van der Waals surface area contributed by atoms with Crippen molar-refractivity contribution in [3.05, 3.63) is 29.8 Å². The zero-order valence-corrected chi connectivity index (χ0v) is 15.5. The van der Waals surface area contributed by atoms with Crippen LogP contribution in [0.25, 0.3) is 0 Å². The third-order valence-corrected chi connectivity index (χ3v) is 4.38. The summed E-state index contributed by atoms with van der Waals surface area (Å²) in [6.45, 7) is 3.02. The van der Waals surface area contributed by atoms with Crippen molar-refractivity contribution in [3.63, 3.8) is 0 Å². The van der Waals surface area contributed by atoms with E-state index in [0.717, 1.165) is 18.8 Å². The monoisotopic (exact) mass is 336 g/mol. The number of benzene rings is 1. The van der Waals surface area contributed by atoms with Crippen LogP contribution in [0.2, 0.25) is 0 Å². The van der Waals surface area contributed by atoms with Gasteiger partial charge in [-0.3, -0.25) is 4.79 Å². The van der Waals surface area contributed by atoms with Gasteiger partial charge in [0.05, 0.1) is 6.61 Å². The highest BCUT2D eigenvalue weighted by Gasteiger charge is 2.00. The van der Waals surface area contributed by atoms with Gasteiger partial charge in [-0.15, -0.1) is 12.6 Å². The second-order valence-corrected chi connectivity index (χ2v) is 6.62. The maximum Gasteiger partial charge on any atom is 0.216 e. The summed E-state index contributed by atoms with van der Waals surface area (Å²) in [4.78, 5) is 11.1. The Balaban J connectivity index is 1.90. The molecule has 0 spiro atoms. The topological polar surface area (TPSA) is 26.3 Å². The first-order chi connectivity index (χ1) is 11.2. The molecule has 0 aromatic heterocycles. The predicted octanol–water partition coefficient (Wildman–Crippen LogP) is 6.45. The summed E-state index contributed by atoms with van der Waals surface area (Å²) in [7, 11) is 0. The number of hydrogen-bond acceptors (Lipinski definition) is 2. The SMILES string of the molecule is CCCCCCCCCCCCCOc1ccc(C(=O)S)cc1. The fourth-order valence-electron chi connectivity index (χ4n) is 2.65. The van der Waals surface area contributed by atoms with Gasteiger partial charge in [-0.25, -0.2) is 0 Å². The Bertz CT molecular complexity index is 414. The summed E-state index contributed by atoms with van der Waals surface area (Å²) in [5.41, 5.74) is 0.607. The molecule has 3 heteroatoms. The predicted molar refractivity (Wildman–Crippen MR) is 102 cm³/mol. The van der Waals surface area contributed by atoms with Crippen molar-refractivity contribution in [2.75, 3.05) is 6.61 Å². The van der Waals surface area contributed by atoms with Crippen LogP contribution >= 0.6 is 12.6 Å². The largest absolute Gasteiger partial charge is 0.494 e. The molecule has 1 rings (SSSR count). The maximum atomic E-state index is 11.1. The number of ether oxygens (including phenoxy) is 1. The minimum absolute atomic E-state index is 0.207. The van der Waals surface area contributed by atoms with Crippen LogP contribution in [0.1, 0.15) is 87.9 Å². The Morgan fingerprint density at radius 1 is 0.826 bits per heavy atom. The molecular formula is C20H32O2S. The molecule has 1 aromatic rings. The van der Waals surface area contributed by atoms with Crippen LogP contribution in [-0.4, -0.2) is 11.7 Å². The summed E-state index contributed by atoms with van der Waals surface area (Å²) in [6, 6.07) is 7.18. The lowest BCUT2D eigenvalue weighted by molar-refractivity contribution is 0.109. The molecule has 1 aromatic carbocycles. The van der Waals surface area contributed by atoms with E-state index in [2.05, 4.69) is 19.6 Å². The normalized spacial score (nSPS) is 10.7. The summed E-state index contributed by atoms with van der Waals surface area (Å²) < 4.78 is 5.69. The van der Waals surface area contributed by atoms with Gasteiger partial charge < -0.3 is 4.74 Å². The number of hydrogen-bond donors (Lipinski definition) is 1. The summed E-state index contributed by atoms with van der Waals surface area (Å²) in [5, 5.41) is -0.207. The van der Waals surface area contributed by atoms with Crippen LogP contribution in [0.4, 0.5) is 0 Å². The zero-order valence-electron chi connectivity index (χ0n) is 14.6. The van der Waals surface area contributed by atoms with Gasteiger partial charge in [0.25, 0.3) is 0 Å². The third-order valence-electron chi connectivity index (χ3n) is 4.12. The average molecular weight is 337 g/mol. The lowest BCUT2D eigenvalue weighted by Crippen LogP contribution is -1.98. The van der Waals surface area contributed by atoms with Gasteiger partial charge in [0, 0.05) is 5.56 Å². The van der Waals surface area contributed by atoms with Crippen molar-refractivity contribution in [3.8, 4) is 5.75 Å². The van der Waals surface area contributed by atoms with E-state index in [1.54, 1.807) is 12.1 Å². The first-order valence-corrected chi connectivity index (χ1v) is 9.65. The highest BCUT2D eigenvalue weighted by atomic mass is 32.1. The molecule has 0 saturated carbocycles. The minimum Gasteiger partial charge on any atom is -0.494 e. The van der Waals surface area contributed by atoms with Crippen LogP contribution in [0.15, 0.2) is 24.3 Å². The molecule has 0 bridgehead atoms. The van der Waals surface area contributed by atoms with Crippen LogP contribution in [0, 0.1) is 0 Å². The van der Waals surface area contributed by atoms with Crippen molar-refractivity contribution >= 4 is 17.7 Å². The van der Waals surface area contributed by atoms with E-state index in [9.17, 15) is 4.79 Å². The molecule has 2 nitrogen and oxygen atoms in total. The molecule has 0 atom stereocenters. The number of rotatable bonds is 14. The molecule has 0 amide bonds. The molecule has 130 valence electrons. The summed E-state index contributed by atoms with van der Waals surface area (Å²) in [6.07, 6.45) is 14.8. The van der Waals surface area contributed by atoms with Crippen LogP contribution < -0.4 is 4.74 Å². The first-order valence-electron chi connectivity index (χ1n) is 9.20. The van der Waals surface area contributed by atoms with Gasteiger partial charge in [-0.05, 0) is 30.7 Å². The van der Waals surface area contributed by atoms with Gasteiger partial charge in [-0.1, -0.05) is 71.1 Å². The molecule has 0 heterocycles. The quantitative estimate of drug-likeness (QED) is 0.312. The van der Waals surface area contributed by atoms with Crippen molar-refractivity contribution in [1.29, 1.82) is 0 Å². The molecule has 0 saturated heterocycles. The van der Waals surface area contributed by atoms with Gasteiger partial charge in [0.1, 0.15) is 5.75 Å². The van der Waals surface area contributed by atoms with E-state index in [1.165, 1.54) is 64.2 Å². The third kappa shape index (κ3) is 10.4. The van der Waals surface area contributed by atoms with Crippen LogP contribution in [0.5, 0.6) is 5.75 Å². The fourth-order valence-corrected chi connectivity index (χ4v) is 2.80. The molecule has 0 aliphatic rings. The molecule has 0 aliphatic heterocycles. The Morgan fingerprint density at radius 3 is 1.78 bits per heavy atom. The lowest BCUT2D eigenvalue weighted by atomic mass is 10.1. The van der Waals surface area contributed by atoms with Gasteiger partial charge >= 0.3 is 0 Å². The van der Waals surface area contributed by atoms with Gasteiger partial charge in [0.15, 0.2) is 0 Å². The Labute approximate surface area is 147 Å². The molecule has 0 fully saturated rings. The highest BCUT2D eigenvalue weighted by Crippen LogP contribution is 2.15. The maximum absolute atomic E-state index is 11.1. The smallest absolute Gasteiger partial charge is 0.216 e. The number of carbonyl (C=O) groups is 1. The van der Waals surface area contributed by atoms with E-state index in [4.69, 9.17) is 4.74 Å². The van der Waals surface area contributed by atoms with Crippen LogP contribution in [-0.2, 0) is 0 Å². The summed E-state index contributed by atoms with van der Waals surface area (Å²) >= 11 is 3.80. The number of carbonyl (C=O) groups excluding carboxylic acids is 1. The molecule has 0 radical (unpaired) electrons. The van der Waals surface area contributed by atoms with E-state index >= 15 is 0 Å². The summed E-state index contributed by atoms with van der Waals surface area (Å²) in [5.74, 6) is 0.829. The highest BCUT2D eigenvalue weighted by molar-refractivity contribution is 7.97. The first kappa shape index (κ1) is 20.1.